The zero-order chi connectivity index (χ0) is 12.3. The van der Waals surface area contributed by atoms with Crippen molar-refractivity contribution in [3.63, 3.8) is 0 Å². The van der Waals surface area contributed by atoms with Crippen LogP contribution in [0.5, 0.6) is 0 Å². The molecule has 5 nitrogen and oxygen atoms in total. The molecule has 0 aliphatic carbocycles. The van der Waals surface area contributed by atoms with E-state index < -0.39 is 22.6 Å². The Morgan fingerprint density at radius 3 is 2.75 bits per heavy atom. The van der Waals surface area contributed by atoms with Gasteiger partial charge in [-0.1, -0.05) is 0 Å². The maximum Gasteiger partial charge on any atom is 0.299 e. The summed E-state index contributed by atoms with van der Waals surface area (Å²) in [6, 6.07) is 2.65. The van der Waals surface area contributed by atoms with Gasteiger partial charge in [0, 0.05) is 0 Å². The van der Waals surface area contributed by atoms with Crippen LogP contribution in [-0.4, -0.2) is 9.91 Å². The molecular formula is C9H7F2N3O2. The van der Waals surface area contributed by atoms with Gasteiger partial charge in [-0.15, -0.1) is 0 Å². The number of alkyl halides is 2. The van der Waals surface area contributed by atoms with Gasteiger partial charge in [0.05, 0.1) is 28.7 Å². The van der Waals surface area contributed by atoms with Gasteiger partial charge in [0.1, 0.15) is 5.69 Å². The number of rotatable bonds is 3. The van der Waals surface area contributed by atoms with Crippen LogP contribution in [0, 0.1) is 28.4 Å². The predicted octanol–water partition coefficient (Wildman–Crippen LogP) is 2.30. The molecule has 1 aromatic rings. The van der Waals surface area contributed by atoms with Crippen LogP contribution in [0.2, 0.25) is 0 Å². The fraction of sp³-hybridized carbons (Fsp3) is 0.333. The first kappa shape index (κ1) is 12.0. The Balaban J connectivity index is 3.40. The van der Waals surface area contributed by atoms with Crippen molar-refractivity contribution in [1.29, 1.82) is 5.26 Å². The molecule has 0 amide bonds. The number of nitrogens with zero attached hydrogens (tertiary/aromatic N) is 3. The molecule has 0 spiro atoms. The van der Waals surface area contributed by atoms with Crippen LogP contribution >= 0.6 is 0 Å². The van der Waals surface area contributed by atoms with Gasteiger partial charge in [0.15, 0.2) is 0 Å². The normalized spacial score (nSPS) is 10.2. The first-order chi connectivity index (χ1) is 7.47. The molecule has 0 saturated carbocycles. The second-order valence-corrected chi connectivity index (χ2v) is 3.03. The molecule has 0 fully saturated rings. The smallest absolute Gasteiger partial charge is 0.258 e. The zero-order valence-electron chi connectivity index (χ0n) is 8.28. The van der Waals surface area contributed by atoms with E-state index >= 15 is 0 Å². The summed E-state index contributed by atoms with van der Waals surface area (Å²) in [6.07, 6.45) is -3.11. The quantitative estimate of drug-likeness (QED) is 0.586. The minimum atomic E-state index is -2.96. The zero-order valence-corrected chi connectivity index (χ0v) is 8.28. The van der Waals surface area contributed by atoms with E-state index in [4.69, 9.17) is 5.26 Å². The van der Waals surface area contributed by atoms with E-state index in [2.05, 4.69) is 4.98 Å². The highest BCUT2D eigenvalue weighted by atomic mass is 19.3. The first-order valence-electron chi connectivity index (χ1n) is 4.27. The van der Waals surface area contributed by atoms with Crippen LogP contribution in [0.1, 0.15) is 23.4 Å². The summed E-state index contributed by atoms with van der Waals surface area (Å²) in [5.74, 6) is 0. The highest BCUT2D eigenvalue weighted by Gasteiger charge is 2.25. The van der Waals surface area contributed by atoms with Crippen LogP contribution < -0.4 is 0 Å². The standard InChI is InChI=1S/C9H7F2N3O2/c1-5-8(14(15)16)7(9(10)11)4-6(13-5)2-3-12/h4,9H,2H2,1H3. The Bertz CT molecular complexity index is 469. The lowest BCUT2D eigenvalue weighted by molar-refractivity contribution is -0.387. The first-order valence-corrected chi connectivity index (χ1v) is 4.27. The van der Waals surface area contributed by atoms with Crippen molar-refractivity contribution < 1.29 is 13.7 Å². The molecule has 0 aromatic carbocycles. The number of aryl methyl sites for hydroxylation is 1. The summed E-state index contributed by atoms with van der Waals surface area (Å²) in [5, 5.41) is 19.0. The molecule has 1 heterocycles. The second-order valence-electron chi connectivity index (χ2n) is 3.03. The molecule has 0 radical (unpaired) electrons. The summed E-state index contributed by atoms with van der Waals surface area (Å²) in [4.78, 5) is 13.4. The van der Waals surface area contributed by atoms with Crippen LogP contribution in [-0.2, 0) is 6.42 Å². The SMILES string of the molecule is Cc1nc(CC#N)cc(C(F)F)c1[N+](=O)[O-]. The number of pyridine rings is 1. The minimum Gasteiger partial charge on any atom is -0.258 e. The van der Waals surface area contributed by atoms with Gasteiger partial charge in [-0.2, -0.15) is 5.26 Å². The van der Waals surface area contributed by atoms with E-state index in [1.165, 1.54) is 6.92 Å². The van der Waals surface area contributed by atoms with Crippen LogP contribution in [0.25, 0.3) is 0 Å². The van der Waals surface area contributed by atoms with Crippen molar-refractivity contribution in [2.75, 3.05) is 0 Å². The summed E-state index contributed by atoms with van der Waals surface area (Å²) >= 11 is 0. The van der Waals surface area contributed by atoms with E-state index in [0.29, 0.717) is 0 Å². The molecule has 0 unspecified atom stereocenters. The molecule has 0 bridgehead atoms. The Hall–Kier alpha value is -2.10. The van der Waals surface area contributed by atoms with Crippen molar-refractivity contribution in [2.24, 2.45) is 0 Å². The average molecular weight is 227 g/mol. The minimum absolute atomic E-state index is 0.104. The fourth-order valence-corrected chi connectivity index (χ4v) is 1.33. The molecule has 0 saturated heterocycles. The van der Waals surface area contributed by atoms with Gasteiger partial charge >= 0.3 is 0 Å². The van der Waals surface area contributed by atoms with E-state index in [1.807, 2.05) is 0 Å². The van der Waals surface area contributed by atoms with Crippen molar-refractivity contribution in [1.82, 2.24) is 4.98 Å². The van der Waals surface area contributed by atoms with Gasteiger partial charge in [0.25, 0.3) is 12.1 Å². The van der Waals surface area contributed by atoms with Gasteiger partial charge < -0.3 is 0 Å². The highest BCUT2D eigenvalue weighted by Crippen LogP contribution is 2.31. The van der Waals surface area contributed by atoms with Crippen molar-refractivity contribution >= 4 is 5.69 Å². The van der Waals surface area contributed by atoms with Crippen molar-refractivity contribution in [3.8, 4) is 6.07 Å². The summed E-state index contributed by atoms with van der Waals surface area (Å²) < 4.78 is 25.1. The number of halogens is 2. The largest absolute Gasteiger partial charge is 0.299 e. The third-order valence-corrected chi connectivity index (χ3v) is 1.93. The Kier molecular flexibility index (Phi) is 3.45. The second kappa shape index (κ2) is 4.61. The maximum atomic E-state index is 12.6. The molecule has 1 rings (SSSR count). The monoisotopic (exact) mass is 227 g/mol. The van der Waals surface area contributed by atoms with Gasteiger partial charge in [0.2, 0.25) is 0 Å². The van der Waals surface area contributed by atoms with Gasteiger partial charge in [-0.05, 0) is 13.0 Å². The topological polar surface area (TPSA) is 79.8 Å². The lowest BCUT2D eigenvalue weighted by atomic mass is 10.1. The summed E-state index contributed by atoms with van der Waals surface area (Å²) in [6.45, 7) is 1.27. The van der Waals surface area contributed by atoms with Crippen LogP contribution in [0.15, 0.2) is 6.07 Å². The molecule has 0 N–H and O–H groups in total. The van der Waals surface area contributed by atoms with E-state index in [-0.39, 0.29) is 17.8 Å². The Morgan fingerprint density at radius 2 is 2.31 bits per heavy atom. The number of hydrogen-bond acceptors (Lipinski definition) is 4. The number of hydrogen-bond donors (Lipinski definition) is 0. The fourth-order valence-electron chi connectivity index (χ4n) is 1.33. The van der Waals surface area contributed by atoms with Crippen molar-refractivity contribution in [3.05, 3.63) is 33.1 Å². The summed E-state index contributed by atoms with van der Waals surface area (Å²) in [5.41, 5.74) is -1.37. The number of aromatic nitrogens is 1. The lowest BCUT2D eigenvalue weighted by Gasteiger charge is -2.05. The Labute approximate surface area is 89.5 Å². The molecule has 84 valence electrons. The lowest BCUT2D eigenvalue weighted by Crippen LogP contribution is -2.03. The van der Waals surface area contributed by atoms with E-state index in [1.54, 1.807) is 6.07 Å². The Morgan fingerprint density at radius 1 is 1.69 bits per heavy atom. The van der Waals surface area contributed by atoms with E-state index in [0.717, 1.165) is 6.07 Å². The molecule has 1 aromatic heterocycles. The highest BCUT2D eigenvalue weighted by molar-refractivity contribution is 5.45. The molecule has 0 aliphatic heterocycles. The summed E-state index contributed by atoms with van der Waals surface area (Å²) in [7, 11) is 0. The molecule has 0 aliphatic rings. The molecular weight excluding hydrogens is 220 g/mol. The molecule has 0 atom stereocenters. The third kappa shape index (κ3) is 2.28. The van der Waals surface area contributed by atoms with E-state index in [9.17, 15) is 18.9 Å². The van der Waals surface area contributed by atoms with Crippen molar-refractivity contribution in [2.45, 2.75) is 19.8 Å². The maximum absolute atomic E-state index is 12.6. The van der Waals surface area contributed by atoms with Crippen LogP contribution in [0.3, 0.4) is 0 Å². The number of nitro groups is 1. The van der Waals surface area contributed by atoms with Crippen LogP contribution in [0.4, 0.5) is 14.5 Å². The van der Waals surface area contributed by atoms with Gasteiger partial charge in [-0.3, -0.25) is 10.1 Å². The average Bonchev–Trinajstić information content (AvgIpc) is 2.16. The predicted molar refractivity (Wildman–Crippen MR) is 49.9 cm³/mol. The number of nitriles is 1. The molecule has 16 heavy (non-hydrogen) atoms. The third-order valence-electron chi connectivity index (χ3n) is 1.93. The molecule has 7 heteroatoms. The van der Waals surface area contributed by atoms with Gasteiger partial charge in [-0.25, -0.2) is 13.8 Å².